The quantitative estimate of drug-likeness (QED) is 0.890. The van der Waals surface area contributed by atoms with Gasteiger partial charge in [-0.3, -0.25) is 9.59 Å². The summed E-state index contributed by atoms with van der Waals surface area (Å²) < 4.78 is 0. The van der Waals surface area contributed by atoms with E-state index in [1.54, 1.807) is 16.2 Å². The Labute approximate surface area is 148 Å². The van der Waals surface area contributed by atoms with Gasteiger partial charge in [-0.25, -0.2) is 0 Å². The average molecular weight is 349 g/mol. The molecule has 0 bridgehead atoms. The molecule has 0 radical (unpaired) electrons. The number of amides is 2. The molecule has 2 heterocycles. The maximum atomic E-state index is 12.9. The molecule has 2 unspecified atom stereocenters. The Morgan fingerprint density at radius 2 is 2.00 bits per heavy atom. The van der Waals surface area contributed by atoms with Crippen molar-refractivity contribution >= 4 is 23.2 Å². The van der Waals surface area contributed by atoms with E-state index in [9.17, 15) is 9.59 Å². The van der Waals surface area contributed by atoms with E-state index in [1.165, 1.54) is 16.9 Å². The zero-order chi connectivity index (χ0) is 17.5. The Hall–Kier alpha value is -1.36. The Bertz CT molecular complexity index is 644. The fourth-order valence-electron chi connectivity index (χ4n) is 3.98. The number of carbonyl (C=O) groups excluding carboxylic acids is 2. The van der Waals surface area contributed by atoms with Crippen molar-refractivity contribution in [1.29, 1.82) is 0 Å². The molecule has 2 N–H and O–H groups in total. The summed E-state index contributed by atoms with van der Waals surface area (Å²) in [6, 6.07) is 1.64. The zero-order valence-electron chi connectivity index (χ0n) is 14.9. The molecule has 1 aliphatic heterocycles. The van der Waals surface area contributed by atoms with E-state index in [1.807, 2.05) is 0 Å². The molecule has 0 spiro atoms. The molecule has 0 aromatic carbocycles. The van der Waals surface area contributed by atoms with Crippen molar-refractivity contribution in [3.05, 3.63) is 21.4 Å². The molecule has 2 atom stereocenters. The molecule has 1 aliphatic carbocycles. The largest absolute Gasteiger partial charge is 0.368 e. The standard InChI is InChI=1S/C19H28N2O2S/c1-19(2,3)13-7-8-15-12(10-13)11-16(24-15)18(23)21-9-5-4-6-14(21)17(20)22/h11,13-14H,4-10H2,1-3H3,(H2,20,22). The molecule has 24 heavy (non-hydrogen) atoms. The van der Waals surface area contributed by atoms with E-state index in [2.05, 4.69) is 26.8 Å². The van der Waals surface area contributed by atoms with Crippen molar-refractivity contribution in [1.82, 2.24) is 4.90 Å². The van der Waals surface area contributed by atoms with Gasteiger partial charge in [-0.1, -0.05) is 20.8 Å². The third-order valence-corrected chi connectivity index (χ3v) is 6.84. The van der Waals surface area contributed by atoms with Crippen LogP contribution >= 0.6 is 11.3 Å². The molecule has 5 heteroatoms. The highest BCUT2D eigenvalue weighted by atomic mass is 32.1. The third-order valence-electron chi connectivity index (χ3n) is 5.61. The molecule has 1 fully saturated rings. The lowest BCUT2D eigenvalue weighted by molar-refractivity contribution is -0.123. The van der Waals surface area contributed by atoms with Crippen LogP contribution in [0.4, 0.5) is 0 Å². The van der Waals surface area contributed by atoms with Gasteiger partial charge in [0.15, 0.2) is 0 Å². The number of rotatable bonds is 2. The van der Waals surface area contributed by atoms with E-state index < -0.39 is 6.04 Å². The predicted molar refractivity (Wildman–Crippen MR) is 97.2 cm³/mol. The number of hydrogen-bond acceptors (Lipinski definition) is 3. The molecule has 1 saturated heterocycles. The molecule has 3 rings (SSSR count). The SMILES string of the molecule is CC(C)(C)C1CCc2sc(C(=O)N3CCCCC3C(N)=O)cc2C1. The number of hydrogen-bond donors (Lipinski definition) is 1. The van der Waals surface area contributed by atoms with Crippen LogP contribution in [0.3, 0.4) is 0 Å². The number of fused-ring (bicyclic) bond motifs is 1. The summed E-state index contributed by atoms with van der Waals surface area (Å²) in [5, 5.41) is 0. The second-order valence-electron chi connectivity index (χ2n) is 8.28. The van der Waals surface area contributed by atoms with Gasteiger partial charge in [0.05, 0.1) is 4.88 Å². The molecule has 0 saturated carbocycles. The fraction of sp³-hybridized carbons (Fsp3) is 0.684. The lowest BCUT2D eigenvalue weighted by Crippen LogP contribution is -2.50. The second-order valence-corrected chi connectivity index (χ2v) is 9.41. The monoisotopic (exact) mass is 348 g/mol. The minimum atomic E-state index is -0.437. The van der Waals surface area contributed by atoms with Crippen molar-refractivity contribution in [2.45, 2.75) is 65.3 Å². The summed E-state index contributed by atoms with van der Waals surface area (Å²) >= 11 is 1.62. The first kappa shape index (κ1) is 17.5. The normalized spacial score (nSPS) is 24.5. The lowest BCUT2D eigenvalue weighted by atomic mass is 9.72. The Kier molecular flexibility index (Phi) is 4.73. The predicted octanol–water partition coefficient (Wildman–Crippen LogP) is 3.38. The van der Waals surface area contributed by atoms with Gasteiger partial charge in [0.1, 0.15) is 6.04 Å². The van der Waals surface area contributed by atoms with Gasteiger partial charge in [-0.2, -0.15) is 0 Å². The molecule has 2 amide bonds. The van der Waals surface area contributed by atoms with Gasteiger partial charge in [0.2, 0.25) is 5.91 Å². The van der Waals surface area contributed by atoms with Crippen molar-refractivity contribution in [2.24, 2.45) is 17.1 Å². The highest BCUT2D eigenvalue weighted by Gasteiger charge is 2.34. The van der Waals surface area contributed by atoms with Gasteiger partial charge in [0, 0.05) is 11.4 Å². The van der Waals surface area contributed by atoms with Crippen molar-refractivity contribution in [2.75, 3.05) is 6.54 Å². The van der Waals surface area contributed by atoms with E-state index >= 15 is 0 Å². The summed E-state index contributed by atoms with van der Waals surface area (Å²) in [6.45, 7) is 7.53. The van der Waals surface area contributed by atoms with Gasteiger partial charge < -0.3 is 10.6 Å². The number of primary amides is 1. The zero-order valence-corrected chi connectivity index (χ0v) is 15.7. The van der Waals surface area contributed by atoms with Crippen LogP contribution in [0.25, 0.3) is 0 Å². The van der Waals surface area contributed by atoms with Crippen molar-refractivity contribution < 1.29 is 9.59 Å². The summed E-state index contributed by atoms with van der Waals surface area (Å²) in [5.74, 6) is 0.276. The van der Waals surface area contributed by atoms with Gasteiger partial charge in [-0.05, 0) is 61.5 Å². The number of aryl methyl sites for hydroxylation is 1. The maximum Gasteiger partial charge on any atom is 0.264 e. The number of carbonyl (C=O) groups is 2. The van der Waals surface area contributed by atoms with Crippen LogP contribution in [-0.2, 0) is 17.6 Å². The fourth-order valence-corrected chi connectivity index (χ4v) is 5.14. The Morgan fingerprint density at radius 3 is 2.67 bits per heavy atom. The van der Waals surface area contributed by atoms with Crippen LogP contribution in [0, 0.1) is 11.3 Å². The maximum absolute atomic E-state index is 12.9. The first-order chi connectivity index (χ1) is 11.3. The summed E-state index contributed by atoms with van der Waals surface area (Å²) in [6.07, 6.45) is 5.92. The van der Waals surface area contributed by atoms with Crippen LogP contribution in [0.1, 0.15) is 66.6 Å². The number of thiophene rings is 1. The smallest absolute Gasteiger partial charge is 0.264 e. The Morgan fingerprint density at radius 1 is 1.25 bits per heavy atom. The van der Waals surface area contributed by atoms with Gasteiger partial charge in [0.25, 0.3) is 5.91 Å². The van der Waals surface area contributed by atoms with Crippen LogP contribution in [0.5, 0.6) is 0 Å². The van der Waals surface area contributed by atoms with Crippen LogP contribution in [0.2, 0.25) is 0 Å². The first-order valence-corrected chi connectivity index (χ1v) is 9.81. The van der Waals surface area contributed by atoms with Crippen molar-refractivity contribution in [3.63, 3.8) is 0 Å². The first-order valence-electron chi connectivity index (χ1n) is 8.99. The molecular formula is C19H28N2O2S. The third kappa shape index (κ3) is 3.37. The summed E-state index contributed by atoms with van der Waals surface area (Å²) in [7, 11) is 0. The minimum Gasteiger partial charge on any atom is -0.368 e. The van der Waals surface area contributed by atoms with E-state index in [0.29, 0.717) is 24.3 Å². The van der Waals surface area contributed by atoms with Crippen LogP contribution in [0.15, 0.2) is 6.07 Å². The Balaban J connectivity index is 1.80. The number of nitrogens with zero attached hydrogens (tertiary/aromatic N) is 1. The van der Waals surface area contributed by atoms with Crippen LogP contribution < -0.4 is 5.73 Å². The molecule has 132 valence electrons. The molecule has 4 nitrogen and oxygen atoms in total. The molecule has 2 aliphatic rings. The van der Waals surface area contributed by atoms with E-state index in [0.717, 1.165) is 30.6 Å². The highest BCUT2D eigenvalue weighted by molar-refractivity contribution is 7.14. The van der Waals surface area contributed by atoms with E-state index in [4.69, 9.17) is 5.73 Å². The number of piperidine rings is 1. The van der Waals surface area contributed by atoms with Gasteiger partial charge >= 0.3 is 0 Å². The van der Waals surface area contributed by atoms with Crippen molar-refractivity contribution in [3.8, 4) is 0 Å². The summed E-state index contributed by atoms with van der Waals surface area (Å²) in [5.41, 5.74) is 7.14. The molecule has 1 aromatic rings. The molecular weight excluding hydrogens is 320 g/mol. The number of nitrogens with two attached hydrogens (primary N) is 1. The van der Waals surface area contributed by atoms with Gasteiger partial charge in [-0.15, -0.1) is 11.3 Å². The second kappa shape index (κ2) is 6.51. The number of likely N-dealkylation sites (tertiary alicyclic amines) is 1. The summed E-state index contributed by atoms with van der Waals surface area (Å²) in [4.78, 5) is 28.5. The highest BCUT2D eigenvalue weighted by Crippen LogP contribution is 2.40. The van der Waals surface area contributed by atoms with E-state index in [-0.39, 0.29) is 11.8 Å². The topological polar surface area (TPSA) is 63.4 Å². The lowest BCUT2D eigenvalue weighted by Gasteiger charge is -2.33. The van der Waals surface area contributed by atoms with Crippen LogP contribution in [-0.4, -0.2) is 29.3 Å². The molecule has 1 aromatic heterocycles. The average Bonchev–Trinajstić information content (AvgIpc) is 2.96. The minimum absolute atomic E-state index is 0.00907.